The van der Waals surface area contributed by atoms with Crippen LogP contribution in [0.3, 0.4) is 0 Å². The van der Waals surface area contributed by atoms with E-state index in [4.69, 9.17) is 9.47 Å². The number of nitrogens with zero attached hydrogens (tertiary/aromatic N) is 4. The molecule has 30 heavy (non-hydrogen) atoms. The molecule has 0 radical (unpaired) electrons. The quantitative estimate of drug-likeness (QED) is 0.486. The molecule has 0 spiro atoms. The zero-order chi connectivity index (χ0) is 21.3. The third-order valence-electron chi connectivity index (χ3n) is 4.58. The molecule has 4 rings (SSSR count). The van der Waals surface area contributed by atoms with Crippen molar-refractivity contribution in [1.82, 2.24) is 15.2 Å². The molecule has 2 aromatic carbocycles. The van der Waals surface area contributed by atoms with E-state index in [1.807, 2.05) is 55.6 Å². The SMILES string of the molecule is CCOc1ccc(Br)c([C@H]2Oc3nc(SC)nnc3-c3ccccc3N2C(C)=O)c1. The monoisotopic (exact) mass is 486 g/mol. The van der Waals surface area contributed by atoms with Gasteiger partial charge in [0.25, 0.3) is 0 Å². The first-order valence-corrected chi connectivity index (χ1v) is 11.3. The zero-order valence-corrected chi connectivity index (χ0v) is 19.0. The fraction of sp³-hybridized carbons (Fsp3) is 0.238. The van der Waals surface area contributed by atoms with E-state index >= 15 is 0 Å². The fourth-order valence-corrected chi connectivity index (χ4v) is 4.05. The van der Waals surface area contributed by atoms with Crippen LogP contribution in [0.5, 0.6) is 11.6 Å². The standard InChI is InChI=1S/C21H19BrN4O3S/c1-4-28-13-9-10-16(22)15(11-13)20-26(12(2)27)17-8-6-5-7-14(17)18-19(29-20)23-21(30-3)25-24-18/h5-11,20H,4H2,1-3H3/t20-/m1/s1. The number of amides is 1. The molecule has 0 saturated heterocycles. The van der Waals surface area contributed by atoms with Crippen molar-refractivity contribution in [3.63, 3.8) is 0 Å². The number of ether oxygens (including phenoxy) is 2. The molecule has 1 aromatic heterocycles. The van der Waals surface area contributed by atoms with Gasteiger partial charge in [-0.15, -0.1) is 10.2 Å². The number of benzene rings is 2. The Kier molecular flexibility index (Phi) is 5.92. The molecule has 0 unspecified atom stereocenters. The van der Waals surface area contributed by atoms with Gasteiger partial charge < -0.3 is 9.47 Å². The molecular weight excluding hydrogens is 468 g/mol. The highest BCUT2D eigenvalue weighted by atomic mass is 79.9. The summed E-state index contributed by atoms with van der Waals surface area (Å²) in [5, 5.41) is 9.00. The van der Waals surface area contributed by atoms with Gasteiger partial charge in [-0.05, 0) is 37.4 Å². The summed E-state index contributed by atoms with van der Waals surface area (Å²) in [6.07, 6.45) is 1.10. The van der Waals surface area contributed by atoms with E-state index in [9.17, 15) is 4.79 Å². The Labute approximate surface area is 186 Å². The smallest absolute Gasteiger partial charge is 0.247 e. The molecule has 0 N–H and O–H groups in total. The van der Waals surface area contributed by atoms with Gasteiger partial charge in [-0.3, -0.25) is 9.69 Å². The summed E-state index contributed by atoms with van der Waals surface area (Å²) in [6.45, 7) is 3.96. The lowest BCUT2D eigenvalue weighted by atomic mass is 10.1. The third kappa shape index (κ3) is 3.75. The van der Waals surface area contributed by atoms with Gasteiger partial charge in [0.2, 0.25) is 23.2 Å². The number of anilines is 1. The number of para-hydroxylation sites is 1. The average molecular weight is 487 g/mol. The second kappa shape index (κ2) is 8.61. The predicted molar refractivity (Wildman–Crippen MR) is 119 cm³/mol. The van der Waals surface area contributed by atoms with Crippen LogP contribution < -0.4 is 14.4 Å². The molecule has 9 heteroatoms. The summed E-state index contributed by atoms with van der Waals surface area (Å²) in [6, 6.07) is 13.1. The summed E-state index contributed by atoms with van der Waals surface area (Å²) in [7, 11) is 0. The highest BCUT2D eigenvalue weighted by Crippen LogP contribution is 2.44. The Morgan fingerprint density at radius 3 is 2.80 bits per heavy atom. The zero-order valence-electron chi connectivity index (χ0n) is 16.6. The van der Waals surface area contributed by atoms with E-state index in [1.54, 1.807) is 4.90 Å². The van der Waals surface area contributed by atoms with Crippen LogP contribution >= 0.6 is 27.7 Å². The van der Waals surface area contributed by atoms with Crippen LogP contribution in [-0.2, 0) is 4.79 Å². The van der Waals surface area contributed by atoms with Crippen molar-refractivity contribution in [2.75, 3.05) is 17.8 Å². The Balaban J connectivity index is 1.96. The van der Waals surface area contributed by atoms with Crippen molar-refractivity contribution in [2.24, 2.45) is 0 Å². The van der Waals surface area contributed by atoms with E-state index in [2.05, 4.69) is 31.1 Å². The molecule has 2 heterocycles. The van der Waals surface area contributed by atoms with Crippen molar-refractivity contribution in [2.45, 2.75) is 25.2 Å². The Hall–Kier alpha value is -2.65. The summed E-state index contributed by atoms with van der Waals surface area (Å²) in [5.74, 6) is 0.836. The van der Waals surface area contributed by atoms with Gasteiger partial charge in [0.05, 0.1) is 12.3 Å². The Bertz CT molecular complexity index is 1110. The molecule has 3 aromatic rings. The van der Waals surface area contributed by atoms with E-state index < -0.39 is 6.23 Å². The lowest BCUT2D eigenvalue weighted by Crippen LogP contribution is -2.36. The highest BCUT2D eigenvalue weighted by Gasteiger charge is 2.35. The molecule has 1 aliphatic rings. The van der Waals surface area contributed by atoms with E-state index in [0.717, 1.165) is 15.6 Å². The Morgan fingerprint density at radius 1 is 1.27 bits per heavy atom. The summed E-state index contributed by atoms with van der Waals surface area (Å²) < 4.78 is 12.8. The first-order chi connectivity index (χ1) is 14.5. The Morgan fingerprint density at radius 2 is 2.07 bits per heavy atom. The van der Waals surface area contributed by atoms with Crippen LogP contribution in [0.2, 0.25) is 0 Å². The number of rotatable bonds is 4. The van der Waals surface area contributed by atoms with Gasteiger partial charge in [0.15, 0.2) is 5.69 Å². The van der Waals surface area contributed by atoms with Gasteiger partial charge in [-0.2, -0.15) is 4.98 Å². The van der Waals surface area contributed by atoms with Crippen molar-refractivity contribution in [1.29, 1.82) is 0 Å². The van der Waals surface area contributed by atoms with Gasteiger partial charge in [-0.1, -0.05) is 45.9 Å². The van der Waals surface area contributed by atoms with E-state index in [1.165, 1.54) is 18.7 Å². The largest absolute Gasteiger partial charge is 0.494 e. The number of hydrogen-bond acceptors (Lipinski definition) is 7. The molecule has 0 aliphatic carbocycles. The van der Waals surface area contributed by atoms with Gasteiger partial charge in [0.1, 0.15) is 5.75 Å². The molecular formula is C21H19BrN4O3S. The summed E-state index contributed by atoms with van der Waals surface area (Å²) in [5.41, 5.74) is 2.64. The fourth-order valence-electron chi connectivity index (χ4n) is 3.31. The number of aromatic nitrogens is 3. The predicted octanol–water partition coefficient (Wildman–Crippen LogP) is 4.87. The maximum absolute atomic E-state index is 12.8. The maximum Gasteiger partial charge on any atom is 0.247 e. The van der Waals surface area contributed by atoms with Crippen LogP contribution in [0.25, 0.3) is 11.3 Å². The molecule has 0 saturated carbocycles. The molecule has 7 nitrogen and oxygen atoms in total. The maximum atomic E-state index is 12.8. The number of carbonyl (C=O) groups excluding carboxylic acids is 1. The van der Waals surface area contributed by atoms with Gasteiger partial charge in [0, 0.05) is 22.5 Å². The van der Waals surface area contributed by atoms with Crippen molar-refractivity contribution in [3.05, 3.63) is 52.5 Å². The number of thioether (sulfide) groups is 1. The topological polar surface area (TPSA) is 77.4 Å². The minimum atomic E-state index is -0.772. The first kappa shape index (κ1) is 20.6. The second-order valence-corrected chi connectivity index (χ2v) is 8.07. The minimum absolute atomic E-state index is 0.174. The third-order valence-corrected chi connectivity index (χ3v) is 5.84. The number of carbonyl (C=O) groups is 1. The molecule has 1 aliphatic heterocycles. The van der Waals surface area contributed by atoms with Crippen LogP contribution in [0, 0.1) is 0 Å². The van der Waals surface area contributed by atoms with Crippen LogP contribution in [0.15, 0.2) is 52.1 Å². The molecule has 1 atom stereocenters. The summed E-state index contributed by atoms with van der Waals surface area (Å²) in [4.78, 5) is 19.0. The number of hydrogen-bond donors (Lipinski definition) is 0. The number of halogens is 1. The molecule has 1 amide bonds. The van der Waals surface area contributed by atoms with Crippen molar-refractivity contribution >= 4 is 39.3 Å². The summed E-state index contributed by atoms with van der Waals surface area (Å²) >= 11 is 4.97. The van der Waals surface area contributed by atoms with Crippen LogP contribution in [0.4, 0.5) is 5.69 Å². The van der Waals surface area contributed by atoms with Crippen molar-refractivity contribution < 1.29 is 14.3 Å². The van der Waals surface area contributed by atoms with Crippen molar-refractivity contribution in [3.8, 4) is 22.9 Å². The number of fused-ring (bicyclic) bond motifs is 3. The second-order valence-electron chi connectivity index (χ2n) is 6.44. The average Bonchev–Trinajstić information content (AvgIpc) is 2.89. The van der Waals surface area contributed by atoms with E-state index in [-0.39, 0.29) is 5.91 Å². The normalized spacial score (nSPS) is 14.9. The van der Waals surface area contributed by atoms with E-state index in [0.29, 0.717) is 34.8 Å². The molecule has 0 bridgehead atoms. The lowest BCUT2D eigenvalue weighted by molar-refractivity contribution is -0.118. The first-order valence-electron chi connectivity index (χ1n) is 9.30. The van der Waals surface area contributed by atoms with Crippen LogP contribution in [-0.4, -0.2) is 34.0 Å². The highest BCUT2D eigenvalue weighted by molar-refractivity contribution is 9.10. The van der Waals surface area contributed by atoms with Gasteiger partial charge in [-0.25, -0.2) is 0 Å². The minimum Gasteiger partial charge on any atom is -0.494 e. The lowest BCUT2D eigenvalue weighted by Gasteiger charge is -2.30. The molecule has 0 fully saturated rings. The van der Waals surface area contributed by atoms with Gasteiger partial charge >= 0.3 is 0 Å². The molecule has 154 valence electrons. The van der Waals surface area contributed by atoms with Crippen LogP contribution in [0.1, 0.15) is 25.6 Å².